The van der Waals surface area contributed by atoms with Crippen LogP contribution in [-0.2, 0) is 0 Å². The third-order valence-corrected chi connectivity index (χ3v) is 0.764. The summed E-state index contributed by atoms with van der Waals surface area (Å²) in [4.78, 5) is 10.2. The molecular weight excluding hydrogens is 120 g/mol. The van der Waals surface area contributed by atoms with E-state index in [1.54, 1.807) is 12.2 Å². The van der Waals surface area contributed by atoms with E-state index in [-0.39, 0.29) is 0 Å². The minimum atomic E-state index is -0.525. The van der Waals surface area contributed by atoms with Gasteiger partial charge in [-0.3, -0.25) is 0 Å². The third-order valence-electron chi connectivity index (χ3n) is 0.764. The summed E-state index contributed by atoms with van der Waals surface area (Å²) in [6.45, 7) is 1.81. The van der Waals surface area contributed by atoms with Crippen LogP contribution in [0.1, 0.15) is 12.8 Å². The molecule has 0 aliphatic heterocycles. The van der Waals surface area contributed by atoms with Crippen molar-refractivity contribution in [2.45, 2.75) is 6.92 Å². The van der Waals surface area contributed by atoms with Gasteiger partial charge in [0.15, 0.2) is 0 Å². The zero-order valence-corrected chi connectivity index (χ0v) is 4.92. The lowest BCUT2D eigenvalue weighted by atomic mass is 10.5. The molecule has 4 nitrogen and oxygen atoms in total. The Morgan fingerprint density at radius 2 is 2.56 bits per heavy atom. The van der Waals surface area contributed by atoms with Crippen molar-refractivity contribution in [3.63, 3.8) is 0 Å². The first-order chi connectivity index (χ1) is 4.33. The number of nitrogens with one attached hydrogen (secondary N) is 1. The van der Waals surface area contributed by atoms with Crippen LogP contribution >= 0.6 is 0 Å². The van der Waals surface area contributed by atoms with Crippen molar-refractivity contribution in [1.29, 1.82) is 0 Å². The molecule has 0 aliphatic carbocycles. The molecule has 0 radical (unpaired) electrons. The lowest BCUT2D eigenvalue weighted by Gasteiger charge is -1.71. The van der Waals surface area contributed by atoms with E-state index in [1.807, 2.05) is 6.92 Å². The van der Waals surface area contributed by atoms with Crippen molar-refractivity contribution in [2.24, 2.45) is 0 Å². The molecule has 1 heterocycles. The fourth-order valence-electron chi connectivity index (χ4n) is 0.455. The summed E-state index contributed by atoms with van der Waals surface area (Å²) in [5.74, 6) is -0.217. The first-order valence-electron chi connectivity index (χ1n) is 2.51. The molecule has 0 bridgehead atoms. The van der Waals surface area contributed by atoms with E-state index in [4.69, 9.17) is 0 Å². The molecule has 48 valence electrons. The van der Waals surface area contributed by atoms with Gasteiger partial charge in [0, 0.05) is 0 Å². The molecule has 0 unspecified atom stereocenters. The first kappa shape index (κ1) is 5.81. The van der Waals surface area contributed by atoms with Crippen LogP contribution in [0.2, 0.25) is 0 Å². The maximum atomic E-state index is 10.2. The number of aromatic amines is 1. The van der Waals surface area contributed by atoms with Gasteiger partial charge in [0.25, 0.3) is 0 Å². The van der Waals surface area contributed by atoms with E-state index in [0.717, 1.165) is 0 Å². The molecule has 1 N–H and O–H groups in total. The Morgan fingerprint density at radius 3 is 3.00 bits per heavy atom. The Hall–Kier alpha value is -1.32. The number of rotatable bonds is 1. The average molecular weight is 126 g/mol. The second-order valence-corrected chi connectivity index (χ2v) is 1.45. The molecule has 0 aromatic carbocycles. The lowest BCUT2D eigenvalue weighted by Crippen LogP contribution is -1.93. The average Bonchev–Trinajstić information content (AvgIpc) is 2.17. The van der Waals surface area contributed by atoms with Gasteiger partial charge in [0.05, 0.1) is 0 Å². The van der Waals surface area contributed by atoms with Crippen LogP contribution in [0.5, 0.6) is 0 Å². The van der Waals surface area contributed by atoms with Crippen LogP contribution in [0.25, 0.3) is 6.08 Å². The Bertz CT molecular complexity index is 258. The molecule has 9 heavy (non-hydrogen) atoms. The normalized spacial score (nSPS) is 10.8. The summed E-state index contributed by atoms with van der Waals surface area (Å²) in [5, 5.41) is 5.64. The number of aromatic nitrogens is 2. The van der Waals surface area contributed by atoms with Crippen LogP contribution < -0.4 is 5.76 Å². The maximum Gasteiger partial charge on any atom is 0.434 e. The fraction of sp³-hybridized carbons (Fsp3) is 0.200. The van der Waals surface area contributed by atoms with Crippen molar-refractivity contribution in [1.82, 2.24) is 10.2 Å². The summed E-state index contributed by atoms with van der Waals surface area (Å²) in [5.41, 5.74) is 0. The molecule has 4 heteroatoms. The summed E-state index contributed by atoms with van der Waals surface area (Å²) in [7, 11) is 0. The molecule has 0 fully saturated rings. The van der Waals surface area contributed by atoms with Gasteiger partial charge in [-0.25, -0.2) is 9.89 Å². The Labute approximate surface area is 51.2 Å². The van der Waals surface area contributed by atoms with Crippen molar-refractivity contribution >= 4 is 6.08 Å². The number of hydrogen-bond donors (Lipinski definition) is 1. The Balaban J connectivity index is 2.98. The molecule has 1 rings (SSSR count). The summed E-state index contributed by atoms with van der Waals surface area (Å²) in [6.07, 6.45) is 3.33. The zero-order chi connectivity index (χ0) is 6.69. The lowest BCUT2D eigenvalue weighted by molar-refractivity contribution is 0.503. The highest BCUT2D eigenvalue weighted by molar-refractivity contribution is 5.35. The van der Waals surface area contributed by atoms with E-state index in [1.165, 1.54) is 0 Å². The van der Waals surface area contributed by atoms with E-state index in [9.17, 15) is 4.79 Å². The van der Waals surface area contributed by atoms with Crippen LogP contribution in [0.3, 0.4) is 0 Å². The maximum absolute atomic E-state index is 10.2. The molecule has 0 saturated heterocycles. The number of H-pyrrole nitrogens is 1. The van der Waals surface area contributed by atoms with E-state index in [2.05, 4.69) is 14.6 Å². The minimum absolute atomic E-state index is 0.308. The van der Waals surface area contributed by atoms with Crippen molar-refractivity contribution in [3.05, 3.63) is 22.5 Å². The highest BCUT2D eigenvalue weighted by atomic mass is 16.4. The topological polar surface area (TPSA) is 58.9 Å². The third kappa shape index (κ3) is 1.28. The van der Waals surface area contributed by atoms with Gasteiger partial charge in [0.2, 0.25) is 5.89 Å². The molecule has 0 spiro atoms. The van der Waals surface area contributed by atoms with Crippen LogP contribution in [0.15, 0.2) is 15.3 Å². The predicted molar refractivity (Wildman–Crippen MR) is 31.8 cm³/mol. The van der Waals surface area contributed by atoms with E-state index >= 15 is 0 Å². The Kier molecular flexibility index (Phi) is 1.48. The largest absolute Gasteiger partial charge is 0.434 e. The van der Waals surface area contributed by atoms with Gasteiger partial charge in [-0.15, -0.1) is 5.10 Å². The SMILES string of the molecule is CC=Cc1n[nH]c(=O)o1. The highest BCUT2D eigenvalue weighted by Gasteiger charge is 1.91. The van der Waals surface area contributed by atoms with E-state index in [0.29, 0.717) is 5.89 Å². The van der Waals surface area contributed by atoms with Gasteiger partial charge >= 0.3 is 5.76 Å². The summed E-state index contributed by atoms with van der Waals surface area (Å²) in [6, 6.07) is 0. The minimum Gasteiger partial charge on any atom is -0.388 e. The van der Waals surface area contributed by atoms with Crippen LogP contribution in [0, 0.1) is 0 Å². The molecule has 0 saturated carbocycles. The highest BCUT2D eigenvalue weighted by Crippen LogP contribution is 1.88. The first-order valence-corrected chi connectivity index (χ1v) is 2.51. The number of nitrogens with zero attached hydrogens (tertiary/aromatic N) is 1. The van der Waals surface area contributed by atoms with Gasteiger partial charge in [-0.05, 0) is 13.0 Å². The summed E-state index contributed by atoms with van der Waals surface area (Å²) >= 11 is 0. The van der Waals surface area contributed by atoms with Gasteiger partial charge in [-0.1, -0.05) is 6.08 Å². The van der Waals surface area contributed by atoms with Gasteiger partial charge in [0.1, 0.15) is 0 Å². The number of allylic oxidation sites excluding steroid dienone is 1. The molecule has 1 aromatic heterocycles. The molecule has 1 aromatic rings. The second-order valence-electron chi connectivity index (χ2n) is 1.45. The van der Waals surface area contributed by atoms with E-state index < -0.39 is 5.76 Å². The van der Waals surface area contributed by atoms with Gasteiger partial charge < -0.3 is 4.42 Å². The molecule has 0 amide bonds. The summed E-state index contributed by atoms with van der Waals surface area (Å²) < 4.78 is 4.51. The predicted octanol–water partition coefficient (Wildman–Crippen LogP) is 0.396. The van der Waals surface area contributed by atoms with Gasteiger partial charge in [-0.2, -0.15) is 0 Å². The van der Waals surface area contributed by atoms with Crippen molar-refractivity contribution < 1.29 is 4.42 Å². The second kappa shape index (κ2) is 2.30. The molecule has 0 atom stereocenters. The molecular formula is C5H6N2O2. The standard InChI is InChI=1S/C5H6N2O2/c1-2-3-4-6-7-5(8)9-4/h2-3H,1H3,(H,7,8). The monoisotopic (exact) mass is 126 g/mol. The number of hydrogen-bond acceptors (Lipinski definition) is 3. The quantitative estimate of drug-likeness (QED) is 0.592. The zero-order valence-electron chi connectivity index (χ0n) is 4.92. The van der Waals surface area contributed by atoms with Crippen LogP contribution in [0.4, 0.5) is 0 Å². The smallest absolute Gasteiger partial charge is 0.388 e. The van der Waals surface area contributed by atoms with Crippen molar-refractivity contribution in [2.75, 3.05) is 0 Å². The molecule has 0 aliphatic rings. The fourth-order valence-corrected chi connectivity index (χ4v) is 0.455. The van der Waals surface area contributed by atoms with Crippen LogP contribution in [-0.4, -0.2) is 10.2 Å². The Morgan fingerprint density at radius 1 is 1.78 bits per heavy atom. The van der Waals surface area contributed by atoms with Crippen molar-refractivity contribution in [3.8, 4) is 0 Å².